The molecule has 0 radical (unpaired) electrons. The number of hydrogen-bond donors (Lipinski definition) is 1. The lowest BCUT2D eigenvalue weighted by molar-refractivity contribution is 1.14. The van der Waals surface area contributed by atoms with Crippen LogP contribution in [0.2, 0.25) is 0 Å². The summed E-state index contributed by atoms with van der Waals surface area (Å²) in [6.45, 7) is 4.33. The lowest BCUT2D eigenvalue weighted by atomic mass is 10.1. The summed E-state index contributed by atoms with van der Waals surface area (Å²) in [5.74, 6) is 0.895. The number of anilines is 2. The molecule has 3 nitrogen and oxygen atoms in total. The average molecular weight is 283 g/mol. The van der Waals surface area contributed by atoms with Crippen molar-refractivity contribution >= 4 is 33.1 Å². The zero-order valence-electron chi connectivity index (χ0n) is 11.7. The molecule has 1 N–H and O–H groups in total. The second-order valence-corrected chi connectivity index (χ2v) is 5.76. The van der Waals surface area contributed by atoms with Crippen molar-refractivity contribution in [1.82, 2.24) is 9.97 Å². The molecule has 3 aromatic rings. The van der Waals surface area contributed by atoms with E-state index in [0.29, 0.717) is 0 Å². The quantitative estimate of drug-likeness (QED) is 0.762. The highest BCUT2D eigenvalue weighted by molar-refractivity contribution is 7.18. The van der Waals surface area contributed by atoms with Crippen LogP contribution in [0, 0.1) is 0 Å². The van der Waals surface area contributed by atoms with E-state index in [4.69, 9.17) is 0 Å². The molecule has 0 aliphatic rings. The molecule has 0 amide bonds. The van der Waals surface area contributed by atoms with Gasteiger partial charge < -0.3 is 5.32 Å². The maximum absolute atomic E-state index is 4.41. The average Bonchev–Trinajstić information content (AvgIpc) is 2.92. The number of benzene rings is 1. The third kappa shape index (κ3) is 2.39. The fraction of sp³-hybridized carbons (Fsp3) is 0.250. The van der Waals surface area contributed by atoms with Gasteiger partial charge in [-0.05, 0) is 30.5 Å². The highest BCUT2D eigenvalue weighted by atomic mass is 32.1. The summed E-state index contributed by atoms with van der Waals surface area (Å²) < 4.78 is 0. The minimum absolute atomic E-state index is 0.895. The molecule has 4 heteroatoms. The summed E-state index contributed by atoms with van der Waals surface area (Å²) >= 11 is 1.74. The van der Waals surface area contributed by atoms with E-state index in [1.807, 2.05) is 6.07 Å². The number of fused-ring (bicyclic) bond motifs is 1. The summed E-state index contributed by atoms with van der Waals surface area (Å²) in [7, 11) is 0. The normalized spacial score (nSPS) is 10.9. The molecule has 20 heavy (non-hydrogen) atoms. The Balaban J connectivity index is 2.04. The molecule has 0 fully saturated rings. The van der Waals surface area contributed by atoms with Crippen LogP contribution in [0.15, 0.2) is 36.7 Å². The number of thiophene rings is 1. The molecule has 0 saturated carbocycles. The topological polar surface area (TPSA) is 37.8 Å². The van der Waals surface area contributed by atoms with E-state index >= 15 is 0 Å². The van der Waals surface area contributed by atoms with Gasteiger partial charge in [-0.2, -0.15) is 0 Å². The minimum atomic E-state index is 0.895. The first kappa shape index (κ1) is 13.1. The molecule has 0 aliphatic carbocycles. The molecule has 0 saturated heterocycles. The van der Waals surface area contributed by atoms with Gasteiger partial charge in [-0.15, -0.1) is 11.3 Å². The smallest absolute Gasteiger partial charge is 0.142 e. The minimum Gasteiger partial charge on any atom is -0.339 e. The summed E-state index contributed by atoms with van der Waals surface area (Å²) in [5, 5.41) is 4.57. The highest BCUT2D eigenvalue weighted by Crippen LogP contribution is 2.30. The fourth-order valence-corrected chi connectivity index (χ4v) is 3.19. The predicted octanol–water partition coefficient (Wildman–Crippen LogP) is 4.56. The van der Waals surface area contributed by atoms with Crippen molar-refractivity contribution in [3.63, 3.8) is 0 Å². The Hall–Kier alpha value is -1.94. The van der Waals surface area contributed by atoms with E-state index in [-0.39, 0.29) is 0 Å². The third-order valence-electron chi connectivity index (χ3n) is 3.38. The van der Waals surface area contributed by atoms with Crippen LogP contribution in [0.3, 0.4) is 0 Å². The van der Waals surface area contributed by atoms with Crippen LogP contribution in [-0.4, -0.2) is 9.97 Å². The summed E-state index contributed by atoms with van der Waals surface area (Å²) in [6, 6.07) is 10.5. The van der Waals surface area contributed by atoms with E-state index in [1.54, 1.807) is 17.7 Å². The molecule has 0 atom stereocenters. The van der Waals surface area contributed by atoms with Crippen LogP contribution in [-0.2, 0) is 12.8 Å². The lowest BCUT2D eigenvalue weighted by Crippen LogP contribution is -1.97. The first-order valence-electron chi connectivity index (χ1n) is 6.90. The van der Waals surface area contributed by atoms with Crippen LogP contribution < -0.4 is 5.32 Å². The van der Waals surface area contributed by atoms with Gasteiger partial charge in [0.1, 0.15) is 17.0 Å². The van der Waals surface area contributed by atoms with Gasteiger partial charge >= 0.3 is 0 Å². The van der Waals surface area contributed by atoms with E-state index < -0.39 is 0 Å². The van der Waals surface area contributed by atoms with Gasteiger partial charge in [0.05, 0.1) is 5.39 Å². The number of aryl methyl sites for hydroxylation is 2. The van der Waals surface area contributed by atoms with Gasteiger partial charge in [-0.1, -0.05) is 32.0 Å². The molecule has 2 aromatic heterocycles. The Morgan fingerprint density at radius 2 is 1.95 bits per heavy atom. The maximum atomic E-state index is 4.41. The van der Waals surface area contributed by atoms with Crippen LogP contribution in [0.25, 0.3) is 10.2 Å². The first-order chi connectivity index (χ1) is 9.81. The van der Waals surface area contributed by atoms with E-state index in [1.165, 1.54) is 10.4 Å². The van der Waals surface area contributed by atoms with Crippen molar-refractivity contribution < 1.29 is 0 Å². The zero-order chi connectivity index (χ0) is 13.9. The van der Waals surface area contributed by atoms with Crippen molar-refractivity contribution in [3.05, 3.63) is 47.1 Å². The van der Waals surface area contributed by atoms with E-state index in [2.05, 4.69) is 53.4 Å². The largest absolute Gasteiger partial charge is 0.339 e. The van der Waals surface area contributed by atoms with Gasteiger partial charge in [0.2, 0.25) is 0 Å². The summed E-state index contributed by atoms with van der Waals surface area (Å²) in [4.78, 5) is 11.2. The maximum Gasteiger partial charge on any atom is 0.142 e. The third-order valence-corrected chi connectivity index (χ3v) is 4.57. The Morgan fingerprint density at radius 3 is 2.75 bits per heavy atom. The van der Waals surface area contributed by atoms with Crippen molar-refractivity contribution in [3.8, 4) is 0 Å². The van der Waals surface area contributed by atoms with Crippen LogP contribution in [0.4, 0.5) is 11.5 Å². The standard InChI is InChI=1S/C16H17N3S/c1-3-11-7-5-6-8-14(11)19-15-13-9-12(4-2)20-16(13)18-10-17-15/h5-10H,3-4H2,1-2H3,(H,17,18,19). The number of hydrogen-bond acceptors (Lipinski definition) is 4. The summed E-state index contributed by atoms with van der Waals surface area (Å²) in [5.41, 5.74) is 2.42. The molecule has 3 rings (SSSR count). The number of nitrogens with zero attached hydrogens (tertiary/aromatic N) is 2. The zero-order valence-corrected chi connectivity index (χ0v) is 12.5. The Bertz CT molecular complexity index is 733. The fourth-order valence-electron chi connectivity index (χ4n) is 2.26. The van der Waals surface area contributed by atoms with E-state index in [0.717, 1.165) is 34.6 Å². The first-order valence-corrected chi connectivity index (χ1v) is 7.71. The number of rotatable bonds is 4. The Labute approximate surface area is 122 Å². The predicted molar refractivity (Wildman–Crippen MR) is 85.9 cm³/mol. The second-order valence-electron chi connectivity index (χ2n) is 4.64. The second kappa shape index (κ2) is 5.59. The SMILES string of the molecule is CCc1cc2c(Nc3ccccc3CC)ncnc2s1. The Morgan fingerprint density at radius 1 is 1.10 bits per heavy atom. The number of aromatic nitrogens is 2. The molecule has 1 aromatic carbocycles. The molecular weight excluding hydrogens is 266 g/mol. The summed E-state index contributed by atoms with van der Waals surface area (Å²) in [6.07, 6.45) is 3.67. The van der Waals surface area contributed by atoms with Crippen molar-refractivity contribution in [2.24, 2.45) is 0 Å². The van der Waals surface area contributed by atoms with Gasteiger partial charge in [0.25, 0.3) is 0 Å². The van der Waals surface area contributed by atoms with Gasteiger partial charge in [0.15, 0.2) is 0 Å². The van der Waals surface area contributed by atoms with Gasteiger partial charge in [-0.25, -0.2) is 9.97 Å². The number of para-hydroxylation sites is 1. The Kier molecular flexibility index (Phi) is 3.65. The van der Waals surface area contributed by atoms with Crippen LogP contribution in [0.5, 0.6) is 0 Å². The molecule has 0 unspecified atom stereocenters. The number of nitrogens with one attached hydrogen (secondary N) is 1. The van der Waals surface area contributed by atoms with Crippen LogP contribution in [0.1, 0.15) is 24.3 Å². The molecule has 2 heterocycles. The van der Waals surface area contributed by atoms with E-state index in [9.17, 15) is 0 Å². The van der Waals surface area contributed by atoms with Crippen molar-refractivity contribution in [1.29, 1.82) is 0 Å². The lowest BCUT2D eigenvalue weighted by Gasteiger charge is -2.10. The molecule has 102 valence electrons. The molecule has 0 aliphatic heterocycles. The van der Waals surface area contributed by atoms with Crippen molar-refractivity contribution in [2.75, 3.05) is 5.32 Å². The van der Waals surface area contributed by atoms with Crippen LogP contribution >= 0.6 is 11.3 Å². The van der Waals surface area contributed by atoms with Gasteiger partial charge in [-0.3, -0.25) is 0 Å². The monoisotopic (exact) mass is 283 g/mol. The van der Waals surface area contributed by atoms with Gasteiger partial charge in [0, 0.05) is 10.6 Å². The highest BCUT2D eigenvalue weighted by Gasteiger charge is 2.09. The molecule has 0 spiro atoms. The van der Waals surface area contributed by atoms with Crippen molar-refractivity contribution in [2.45, 2.75) is 26.7 Å². The molecule has 0 bridgehead atoms. The molecular formula is C16H17N3S.